The Morgan fingerprint density at radius 2 is 2.00 bits per heavy atom. The maximum Gasteiger partial charge on any atom is 0.178 e. The van der Waals surface area contributed by atoms with E-state index in [9.17, 15) is 0 Å². The molecule has 0 radical (unpaired) electrons. The van der Waals surface area contributed by atoms with Gasteiger partial charge < -0.3 is 0 Å². The van der Waals surface area contributed by atoms with Gasteiger partial charge in [-0.05, 0) is 19.4 Å². The van der Waals surface area contributed by atoms with Gasteiger partial charge in [0.1, 0.15) is 6.54 Å². The van der Waals surface area contributed by atoms with E-state index in [1.807, 2.05) is 0 Å². The van der Waals surface area contributed by atoms with Crippen LogP contribution < -0.4 is 4.57 Å². The van der Waals surface area contributed by atoms with Crippen molar-refractivity contribution in [2.75, 3.05) is 0 Å². The molecule has 11 heavy (non-hydrogen) atoms. The van der Waals surface area contributed by atoms with Crippen LogP contribution in [0.1, 0.15) is 25.1 Å². The Balaban J connectivity index is 3.02. The van der Waals surface area contributed by atoms with Crippen molar-refractivity contribution < 1.29 is 4.57 Å². The van der Waals surface area contributed by atoms with Gasteiger partial charge in [0.2, 0.25) is 0 Å². The topological polar surface area (TPSA) is 3.88 Å². The number of rotatable bonds is 2. The Kier molecular flexibility index (Phi) is 2.64. The van der Waals surface area contributed by atoms with E-state index in [0.29, 0.717) is 0 Å². The molecular weight excluding hydrogens is 134 g/mol. The Hall–Kier alpha value is -0.850. The third-order valence-corrected chi connectivity index (χ3v) is 2.06. The van der Waals surface area contributed by atoms with Crippen LogP contribution in [0.2, 0.25) is 0 Å². The summed E-state index contributed by atoms with van der Waals surface area (Å²) < 4.78 is 2.28. The first-order valence-electron chi connectivity index (χ1n) is 4.27. The molecule has 0 aliphatic heterocycles. The van der Waals surface area contributed by atoms with E-state index in [0.717, 1.165) is 13.0 Å². The minimum atomic E-state index is 1.07. The van der Waals surface area contributed by atoms with Crippen molar-refractivity contribution in [2.45, 2.75) is 33.7 Å². The molecular formula is C10H16N+. The standard InChI is InChI=1S/C10H16N/c1-4-10-7-6-9(3)11(5-2)8-10/h6-8H,4-5H2,1-3H3/q+1. The van der Waals surface area contributed by atoms with Crippen LogP contribution in [0.3, 0.4) is 0 Å². The van der Waals surface area contributed by atoms with Crippen LogP contribution in [0.15, 0.2) is 18.3 Å². The highest BCUT2D eigenvalue weighted by Gasteiger charge is 2.02. The number of pyridine rings is 1. The van der Waals surface area contributed by atoms with Crippen LogP contribution in [-0.2, 0) is 13.0 Å². The second kappa shape index (κ2) is 3.51. The van der Waals surface area contributed by atoms with Gasteiger partial charge in [0, 0.05) is 18.6 Å². The van der Waals surface area contributed by atoms with E-state index >= 15 is 0 Å². The minimum absolute atomic E-state index is 1.07. The molecule has 60 valence electrons. The Morgan fingerprint density at radius 3 is 2.55 bits per heavy atom. The molecule has 1 rings (SSSR count). The van der Waals surface area contributed by atoms with Crippen LogP contribution in [0.25, 0.3) is 0 Å². The van der Waals surface area contributed by atoms with Crippen molar-refractivity contribution in [2.24, 2.45) is 0 Å². The average molecular weight is 150 g/mol. The summed E-state index contributed by atoms with van der Waals surface area (Å²) in [5, 5.41) is 0. The first kappa shape index (κ1) is 8.25. The average Bonchev–Trinajstić information content (AvgIpc) is 2.05. The summed E-state index contributed by atoms with van der Waals surface area (Å²) in [6, 6.07) is 4.38. The predicted molar refractivity (Wildman–Crippen MR) is 46.4 cm³/mol. The van der Waals surface area contributed by atoms with Gasteiger partial charge in [-0.15, -0.1) is 0 Å². The molecule has 0 spiro atoms. The van der Waals surface area contributed by atoms with Crippen LogP contribution in [0.5, 0.6) is 0 Å². The van der Waals surface area contributed by atoms with Crippen molar-refractivity contribution in [3.05, 3.63) is 29.6 Å². The summed E-state index contributed by atoms with van der Waals surface area (Å²) in [4.78, 5) is 0. The quantitative estimate of drug-likeness (QED) is 0.567. The molecule has 1 aromatic rings. The van der Waals surface area contributed by atoms with Gasteiger partial charge in [0.05, 0.1) is 0 Å². The normalized spacial score (nSPS) is 10.1. The third kappa shape index (κ3) is 1.79. The number of hydrogen-bond acceptors (Lipinski definition) is 0. The number of aromatic nitrogens is 1. The lowest BCUT2D eigenvalue weighted by atomic mass is 10.2. The first-order chi connectivity index (χ1) is 5.27. The lowest BCUT2D eigenvalue weighted by Gasteiger charge is -1.98. The van der Waals surface area contributed by atoms with Crippen LogP contribution in [-0.4, -0.2) is 0 Å². The highest BCUT2D eigenvalue weighted by atomic mass is 14.9. The van der Waals surface area contributed by atoms with Gasteiger partial charge in [-0.3, -0.25) is 0 Å². The molecule has 0 aromatic carbocycles. The molecule has 0 saturated carbocycles. The number of hydrogen-bond donors (Lipinski definition) is 0. The van der Waals surface area contributed by atoms with E-state index in [2.05, 4.69) is 43.7 Å². The molecule has 1 aromatic heterocycles. The van der Waals surface area contributed by atoms with E-state index in [-0.39, 0.29) is 0 Å². The van der Waals surface area contributed by atoms with Gasteiger partial charge in [0.25, 0.3) is 0 Å². The van der Waals surface area contributed by atoms with Crippen molar-refractivity contribution in [3.8, 4) is 0 Å². The molecule has 0 atom stereocenters. The van der Waals surface area contributed by atoms with Gasteiger partial charge >= 0.3 is 0 Å². The Bertz CT molecular complexity index is 241. The summed E-state index contributed by atoms with van der Waals surface area (Å²) >= 11 is 0. The molecule has 1 heterocycles. The van der Waals surface area contributed by atoms with Crippen LogP contribution in [0, 0.1) is 6.92 Å². The van der Waals surface area contributed by atoms with E-state index in [4.69, 9.17) is 0 Å². The molecule has 1 heteroatoms. The van der Waals surface area contributed by atoms with Crippen molar-refractivity contribution in [1.82, 2.24) is 0 Å². The summed E-state index contributed by atoms with van der Waals surface area (Å²) in [6.45, 7) is 7.57. The molecule has 1 nitrogen and oxygen atoms in total. The molecule has 0 bridgehead atoms. The Morgan fingerprint density at radius 1 is 1.27 bits per heavy atom. The largest absolute Gasteiger partial charge is 0.203 e. The molecule has 0 saturated heterocycles. The SMILES string of the molecule is CCc1ccc(C)[n+](CC)c1. The molecule has 0 aliphatic carbocycles. The van der Waals surface area contributed by atoms with Crippen molar-refractivity contribution in [3.63, 3.8) is 0 Å². The molecule has 0 aliphatic rings. The first-order valence-corrected chi connectivity index (χ1v) is 4.27. The Labute approximate surface area is 68.7 Å². The monoisotopic (exact) mass is 150 g/mol. The van der Waals surface area contributed by atoms with Crippen LogP contribution >= 0.6 is 0 Å². The van der Waals surface area contributed by atoms with E-state index in [1.54, 1.807) is 0 Å². The van der Waals surface area contributed by atoms with Crippen LogP contribution in [0.4, 0.5) is 0 Å². The maximum atomic E-state index is 2.28. The predicted octanol–water partition coefficient (Wildman–Crippen LogP) is 1.86. The summed E-state index contributed by atoms with van der Waals surface area (Å²) in [7, 11) is 0. The summed E-state index contributed by atoms with van der Waals surface area (Å²) in [5.74, 6) is 0. The van der Waals surface area contributed by atoms with E-state index in [1.165, 1.54) is 11.3 Å². The molecule has 0 amide bonds. The molecule has 0 unspecified atom stereocenters. The smallest absolute Gasteiger partial charge is 0.178 e. The zero-order valence-corrected chi connectivity index (χ0v) is 7.59. The highest BCUT2D eigenvalue weighted by Crippen LogP contribution is 1.97. The van der Waals surface area contributed by atoms with Gasteiger partial charge in [-0.1, -0.05) is 6.92 Å². The number of aryl methyl sites for hydroxylation is 3. The van der Waals surface area contributed by atoms with Crippen molar-refractivity contribution >= 4 is 0 Å². The summed E-state index contributed by atoms with van der Waals surface area (Å²) in [5.41, 5.74) is 2.75. The maximum absolute atomic E-state index is 2.28. The second-order valence-electron chi connectivity index (χ2n) is 2.82. The fraction of sp³-hybridized carbons (Fsp3) is 0.500. The molecule has 0 fully saturated rings. The van der Waals surface area contributed by atoms with Gasteiger partial charge in [-0.2, -0.15) is 0 Å². The lowest BCUT2D eigenvalue weighted by molar-refractivity contribution is -0.699. The lowest BCUT2D eigenvalue weighted by Crippen LogP contribution is -2.35. The molecule has 0 N–H and O–H groups in total. The highest BCUT2D eigenvalue weighted by molar-refractivity contribution is 5.08. The van der Waals surface area contributed by atoms with Crippen molar-refractivity contribution in [1.29, 1.82) is 0 Å². The fourth-order valence-electron chi connectivity index (χ4n) is 1.22. The van der Waals surface area contributed by atoms with Gasteiger partial charge in [-0.25, -0.2) is 4.57 Å². The zero-order valence-electron chi connectivity index (χ0n) is 7.59. The summed E-state index contributed by atoms with van der Waals surface area (Å²) in [6.07, 6.45) is 3.36. The third-order valence-electron chi connectivity index (χ3n) is 2.06. The fourth-order valence-corrected chi connectivity index (χ4v) is 1.22. The zero-order chi connectivity index (χ0) is 8.27. The van der Waals surface area contributed by atoms with Gasteiger partial charge in [0.15, 0.2) is 11.9 Å². The van der Waals surface area contributed by atoms with E-state index < -0.39 is 0 Å². The minimum Gasteiger partial charge on any atom is -0.203 e. The number of nitrogens with zero attached hydrogens (tertiary/aromatic N) is 1. The second-order valence-corrected chi connectivity index (χ2v) is 2.82.